The highest BCUT2D eigenvalue weighted by molar-refractivity contribution is 6.35. The van der Waals surface area contributed by atoms with Crippen molar-refractivity contribution in [2.24, 2.45) is 5.10 Å². The Bertz CT molecular complexity index is 720. The third-order valence-electron chi connectivity index (χ3n) is 3.04. The van der Waals surface area contributed by atoms with Crippen molar-refractivity contribution in [1.29, 1.82) is 0 Å². The van der Waals surface area contributed by atoms with Gasteiger partial charge >= 0.3 is 18.0 Å². The van der Waals surface area contributed by atoms with E-state index in [1.165, 1.54) is 26.2 Å². The molecule has 0 heterocycles. The monoisotopic (exact) mass is 388 g/mol. The van der Waals surface area contributed by atoms with Gasteiger partial charge in [0.25, 0.3) is 0 Å². The van der Waals surface area contributed by atoms with E-state index in [-0.39, 0.29) is 31.0 Å². The molecule has 0 atom stereocenters. The van der Waals surface area contributed by atoms with E-state index in [4.69, 9.17) is 4.74 Å². The molecule has 148 valence electrons. The number of nitrogens with zero attached hydrogens (tertiary/aromatic N) is 1. The number of anilines is 1. The molecular formula is C16H19F3N4O4. The number of methoxy groups -OCH3 is 1. The quantitative estimate of drug-likeness (QED) is 0.283. The number of ether oxygens (including phenoxy) is 1. The van der Waals surface area contributed by atoms with Crippen LogP contribution in [0.3, 0.4) is 0 Å². The van der Waals surface area contributed by atoms with Crippen molar-refractivity contribution in [3.8, 4) is 0 Å². The van der Waals surface area contributed by atoms with Gasteiger partial charge in [-0.05, 0) is 25.1 Å². The summed E-state index contributed by atoms with van der Waals surface area (Å²) in [5.74, 6) is -2.57. The summed E-state index contributed by atoms with van der Waals surface area (Å²) < 4.78 is 42.6. The van der Waals surface area contributed by atoms with Crippen LogP contribution in [0.4, 0.5) is 18.9 Å². The largest absolute Gasteiger partial charge is 0.416 e. The van der Waals surface area contributed by atoms with E-state index in [0.717, 1.165) is 12.1 Å². The Morgan fingerprint density at radius 3 is 2.52 bits per heavy atom. The maximum Gasteiger partial charge on any atom is 0.416 e. The van der Waals surface area contributed by atoms with E-state index >= 15 is 0 Å². The molecule has 3 amide bonds. The van der Waals surface area contributed by atoms with Gasteiger partial charge in [-0.15, -0.1) is 0 Å². The van der Waals surface area contributed by atoms with E-state index < -0.39 is 29.5 Å². The number of amides is 3. The molecule has 0 unspecified atom stereocenters. The fourth-order valence-electron chi connectivity index (χ4n) is 1.79. The average Bonchev–Trinajstić information content (AvgIpc) is 2.59. The summed E-state index contributed by atoms with van der Waals surface area (Å²) in [7, 11) is 1.43. The molecule has 0 radical (unpaired) electrons. The van der Waals surface area contributed by atoms with E-state index in [1.807, 2.05) is 5.43 Å². The van der Waals surface area contributed by atoms with Crippen molar-refractivity contribution in [2.75, 3.05) is 25.6 Å². The van der Waals surface area contributed by atoms with Crippen LogP contribution in [0.15, 0.2) is 29.4 Å². The Morgan fingerprint density at radius 2 is 1.89 bits per heavy atom. The van der Waals surface area contributed by atoms with Gasteiger partial charge in [-0.25, -0.2) is 5.43 Å². The lowest BCUT2D eigenvalue weighted by Gasteiger charge is -2.10. The Kier molecular flexibility index (Phi) is 8.39. The smallest absolute Gasteiger partial charge is 0.383 e. The van der Waals surface area contributed by atoms with Crippen molar-refractivity contribution in [3.63, 3.8) is 0 Å². The molecule has 0 aliphatic rings. The van der Waals surface area contributed by atoms with Crippen LogP contribution in [0, 0.1) is 0 Å². The van der Waals surface area contributed by atoms with Gasteiger partial charge in [-0.2, -0.15) is 18.3 Å². The number of rotatable bonds is 7. The number of alkyl halides is 3. The first kappa shape index (κ1) is 22.1. The Balaban J connectivity index is 2.53. The minimum atomic E-state index is -4.52. The summed E-state index contributed by atoms with van der Waals surface area (Å²) in [6.07, 6.45) is -4.81. The van der Waals surface area contributed by atoms with E-state index in [1.54, 1.807) is 0 Å². The molecule has 0 aromatic heterocycles. The van der Waals surface area contributed by atoms with E-state index in [2.05, 4.69) is 15.7 Å². The second-order valence-corrected chi connectivity index (χ2v) is 5.34. The minimum absolute atomic E-state index is 0.0239. The normalized spacial score (nSPS) is 11.7. The van der Waals surface area contributed by atoms with Gasteiger partial charge < -0.3 is 15.4 Å². The second-order valence-electron chi connectivity index (χ2n) is 5.34. The van der Waals surface area contributed by atoms with Crippen molar-refractivity contribution in [3.05, 3.63) is 29.8 Å². The van der Waals surface area contributed by atoms with Crippen LogP contribution in [0.1, 0.15) is 18.9 Å². The molecule has 1 aromatic carbocycles. The van der Waals surface area contributed by atoms with Crippen LogP contribution in [0.5, 0.6) is 0 Å². The lowest BCUT2D eigenvalue weighted by Crippen LogP contribution is -2.39. The SMILES string of the molecule is COCCNC(=O)C(=O)N/N=C(/C)CC(=O)Nc1cccc(C(F)(F)F)c1. The summed E-state index contributed by atoms with van der Waals surface area (Å²) in [6.45, 7) is 1.79. The molecule has 1 aromatic rings. The molecule has 0 saturated carbocycles. The Morgan fingerprint density at radius 1 is 1.19 bits per heavy atom. The molecule has 0 spiro atoms. The predicted molar refractivity (Wildman–Crippen MR) is 90.8 cm³/mol. The Hall–Kier alpha value is -2.95. The summed E-state index contributed by atoms with van der Waals surface area (Å²) in [4.78, 5) is 34.7. The van der Waals surface area contributed by atoms with Gasteiger partial charge in [0.15, 0.2) is 0 Å². The molecule has 0 aliphatic heterocycles. The highest BCUT2D eigenvalue weighted by atomic mass is 19.4. The van der Waals surface area contributed by atoms with Gasteiger partial charge in [-0.3, -0.25) is 14.4 Å². The summed E-state index contributed by atoms with van der Waals surface area (Å²) >= 11 is 0. The minimum Gasteiger partial charge on any atom is -0.383 e. The van der Waals surface area contributed by atoms with E-state index in [9.17, 15) is 27.6 Å². The number of carbonyl (C=O) groups excluding carboxylic acids is 3. The molecule has 8 nitrogen and oxygen atoms in total. The van der Waals surface area contributed by atoms with Crippen LogP contribution in [-0.4, -0.2) is 43.7 Å². The van der Waals surface area contributed by atoms with E-state index in [0.29, 0.717) is 0 Å². The zero-order chi connectivity index (χ0) is 20.4. The highest BCUT2D eigenvalue weighted by Gasteiger charge is 2.30. The molecule has 0 fully saturated rings. The zero-order valence-corrected chi connectivity index (χ0v) is 14.6. The van der Waals surface area contributed by atoms with Gasteiger partial charge in [-0.1, -0.05) is 6.07 Å². The number of nitrogens with one attached hydrogen (secondary N) is 3. The van der Waals surface area contributed by atoms with Gasteiger partial charge in [0.05, 0.1) is 18.6 Å². The number of hydrogen-bond acceptors (Lipinski definition) is 5. The van der Waals surface area contributed by atoms with Gasteiger partial charge in [0.1, 0.15) is 0 Å². The standard InChI is InChI=1S/C16H19F3N4O4/c1-10(22-23-15(26)14(25)20-6-7-27-2)8-13(24)21-12-5-3-4-11(9-12)16(17,18)19/h3-5,9H,6-8H2,1-2H3,(H,20,25)(H,21,24)(H,23,26)/b22-10-. The van der Waals surface area contributed by atoms with Crippen LogP contribution in [-0.2, 0) is 25.3 Å². The molecule has 11 heteroatoms. The van der Waals surface area contributed by atoms with Crippen molar-refractivity contribution >= 4 is 29.1 Å². The summed E-state index contributed by atoms with van der Waals surface area (Å²) in [5.41, 5.74) is 1.21. The molecule has 0 saturated heterocycles. The maximum absolute atomic E-state index is 12.6. The third-order valence-corrected chi connectivity index (χ3v) is 3.04. The summed E-state index contributed by atoms with van der Waals surface area (Å²) in [5, 5.41) is 8.18. The predicted octanol–water partition coefficient (Wildman–Crippen LogP) is 1.29. The lowest BCUT2D eigenvalue weighted by molar-refractivity contribution is -0.139. The van der Waals surface area contributed by atoms with Crippen molar-refractivity contribution in [1.82, 2.24) is 10.7 Å². The summed E-state index contributed by atoms with van der Waals surface area (Å²) in [6, 6.07) is 4.17. The van der Waals surface area contributed by atoms with Crippen LogP contribution < -0.4 is 16.1 Å². The molecule has 3 N–H and O–H groups in total. The molecule has 0 bridgehead atoms. The zero-order valence-electron chi connectivity index (χ0n) is 14.6. The number of benzene rings is 1. The van der Waals surface area contributed by atoms with Crippen LogP contribution >= 0.6 is 0 Å². The van der Waals surface area contributed by atoms with Crippen LogP contribution in [0.2, 0.25) is 0 Å². The number of hydrogen-bond donors (Lipinski definition) is 3. The number of carbonyl (C=O) groups is 3. The van der Waals surface area contributed by atoms with Crippen molar-refractivity contribution in [2.45, 2.75) is 19.5 Å². The highest BCUT2D eigenvalue weighted by Crippen LogP contribution is 2.30. The first-order valence-corrected chi connectivity index (χ1v) is 7.71. The Labute approximate surface area is 153 Å². The fourth-order valence-corrected chi connectivity index (χ4v) is 1.79. The maximum atomic E-state index is 12.6. The number of hydrazone groups is 1. The first-order valence-electron chi connectivity index (χ1n) is 7.71. The molecule has 1 rings (SSSR count). The second kappa shape index (κ2) is 10.3. The first-order chi connectivity index (χ1) is 12.6. The topological polar surface area (TPSA) is 109 Å². The third kappa shape index (κ3) is 8.31. The average molecular weight is 388 g/mol. The number of halogens is 3. The van der Waals surface area contributed by atoms with Gasteiger partial charge in [0, 0.05) is 25.1 Å². The fraction of sp³-hybridized carbons (Fsp3) is 0.375. The lowest BCUT2D eigenvalue weighted by atomic mass is 10.2. The van der Waals surface area contributed by atoms with Crippen LogP contribution in [0.25, 0.3) is 0 Å². The van der Waals surface area contributed by atoms with Gasteiger partial charge in [0.2, 0.25) is 5.91 Å². The molecular weight excluding hydrogens is 369 g/mol. The molecule has 0 aliphatic carbocycles. The van der Waals surface area contributed by atoms with Crippen molar-refractivity contribution < 1.29 is 32.3 Å². The molecule has 27 heavy (non-hydrogen) atoms.